The van der Waals surface area contributed by atoms with Crippen LogP contribution in [0.2, 0.25) is 0 Å². The van der Waals surface area contributed by atoms with Crippen LogP contribution >= 0.6 is 11.6 Å². The van der Waals surface area contributed by atoms with Gasteiger partial charge in [-0.15, -0.1) is 11.6 Å². The normalized spacial score (nSPS) is 12.8. The molecular weight excluding hydrogens is 187 g/mol. The molecule has 0 spiro atoms. The maximum atomic E-state index is 13.2. The Labute approximate surface area is 83.7 Å². The van der Waals surface area contributed by atoms with E-state index < -0.39 is 0 Å². The largest absolute Gasteiger partial charge is 0.207 e. The van der Waals surface area contributed by atoms with E-state index in [-0.39, 0.29) is 11.7 Å². The fraction of sp³-hybridized carbons (Fsp3) is 0.455. The molecule has 1 rings (SSSR count). The third-order valence-electron chi connectivity index (χ3n) is 2.21. The van der Waals surface area contributed by atoms with Crippen LogP contribution in [0.25, 0.3) is 0 Å². The highest BCUT2D eigenvalue weighted by molar-refractivity contribution is 6.17. The predicted octanol–water partition coefficient (Wildman–Crippen LogP) is 3.95. The van der Waals surface area contributed by atoms with Crippen LogP contribution < -0.4 is 0 Å². The van der Waals surface area contributed by atoms with Gasteiger partial charge in [0.05, 0.1) is 0 Å². The molecule has 0 heterocycles. The molecule has 0 nitrogen and oxygen atoms in total. The Bertz CT molecular complexity index is 260. The first-order valence-electron chi connectivity index (χ1n) is 4.56. The standard InChI is InChI=1S/C11H14ClF/c1-9(5-4-8-12)10-6-2-3-7-11(10)13/h2-3,6-7,9H,4-5,8H2,1H3/t9-/m1/s1. The van der Waals surface area contributed by atoms with Crippen molar-refractivity contribution in [1.29, 1.82) is 0 Å². The van der Waals surface area contributed by atoms with Gasteiger partial charge in [0, 0.05) is 5.88 Å². The second-order valence-corrected chi connectivity index (χ2v) is 3.63. The zero-order valence-electron chi connectivity index (χ0n) is 7.76. The van der Waals surface area contributed by atoms with Crippen LogP contribution in [0.3, 0.4) is 0 Å². The number of halogens is 2. The molecule has 0 aliphatic carbocycles. The second-order valence-electron chi connectivity index (χ2n) is 3.25. The zero-order valence-corrected chi connectivity index (χ0v) is 8.52. The van der Waals surface area contributed by atoms with Gasteiger partial charge in [-0.1, -0.05) is 25.1 Å². The molecule has 0 bridgehead atoms. The zero-order chi connectivity index (χ0) is 9.68. The molecule has 72 valence electrons. The quantitative estimate of drug-likeness (QED) is 0.646. The summed E-state index contributed by atoms with van der Waals surface area (Å²) in [6.45, 7) is 2.03. The van der Waals surface area contributed by atoms with Crippen molar-refractivity contribution in [2.75, 3.05) is 5.88 Å². The summed E-state index contributed by atoms with van der Waals surface area (Å²) in [7, 11) is 0. The molecule has 0 unspecified atom stereocenters. The Kier molecular flexibility index (Phi) is 4.23. The summed E-state index contributed by atoms with van der Waals surface area (Å²) >= 11 is 5.58. The van der Waals surface area contributed by atoms with Gasteiger partial charge in [0.1, 0.15) is 5.82 Å². The molecular formula is C11H14ClF. The van der Waals surface area contributed by atoms with Crippen LogP contribution in [-0.2, 0) is 0 Å². The Hall–Kier alpha value is -0.560. The highest BCUT2D eigenvalue weighted by atomic mass is 35.5. The molecule has 1 aromatic rings. The van der Waals surface area contributed by atoms with Crippen molar-refractivity contribution in [2.24, 2.45) is 0 Å². The van der Waals surface area contributed by atoms with Gasteiger partial charge in [0.15, 0.2) is 0 Å². The summed E-state index contributed by atoms with van der Waals surface area (Å²) in [5.41, 5.74) is 0.799. The van der Waals surface area contributed by atoms with Crippen LogP contribution in [0.15, 0.2) is 24.3 Å². The van der Waals surface area contributed by atoms with Gasteiger partial charge in [-0.25, -0.2) is 4.39 Å². The van der Waals surface area contributed by atoms with Gasteiger partial charge in [-0.2, -0.15) is 0 Å². The summed E-state index contributed by atoms with van der Waals surface area (Å²) in [5, 5.41) is 0. The average Bonchev–Trinajstić information content (AvgIpc) is 2.15. The summed E-state index contributed by atoms with van der Waals surface area (Å²) in [5.74, 6) is 0.809. The molecule has 0 N–H and O–H groups in total. The van der Waals surface area contributed by atoms with Crippen LogP contribution in [0, 0.1) is 5.82 Å². The van der Waals surface area contributed by atoms with Gasteiger partial charge in [-0.3, -0.25) is 0 Å². The third kappa shape index (κ3) is 3.00. The van der Waals surface area contributed by atoms with Crippen molar-refractivity contribution in [3.8, 4) is 0 Å². The highest BCUT2D eigenvalue weighted by Gasteiger charge is 2.08. The van der Waals surface area contributed by atoms with E-state index in [0.29, 0.717) is 5.88 Å². The lowest BCUT2D eigenvalue weighted by Crippen LogP contribution is -1.97. The fourth-order valence-electron chi connectivity index (χ4n) is 1.41. The monoisotopic (exact) mass is 200 g/mol. The van der Waals surface area contributed by atoms with E-state index >= 15 is 0 Å². The van der Waals surface area contributed by atoms with Crippen LogP contribution in [-0.4, -0.2) is 5.88 Å². The van der Waals surface area contributed by atoms with Crippen molar-refractivity contribution >= 4 is 11.6 Å². The molecule has 0 aliphatic heterocycles. The van der Waals surface area contributed by atoms with E-state index in [2.05, 4.69) is 0 Å². The summed E-state index contributed by atoms with van der Waals surface area (Å²) in [4.78, 5) is 0. The number of alkyl halides is 1. The Morgan fingerprint density at radius 3 is 2.69 bits per heavy atom. The second kappa shape index (κ2) is 5.23. The van der Waals surface area contributed by atoms with E-state index in [9.17, 15) is 4.39 Å². The summed E-state index contributed by atoms with van der Waals surface area (Å²) in [6.07, 6.45) is 1.89. The number of hydrogen-bond donors (Lipinski definition) is 0. The lowest BCUT2D eigenvalue weighted by molar-refractivity contribution is 0.571. The topological polar surface area (TPSA) is 0 Å². The van der Waals surface area contributed by atoms with Crippen molar-refractivity contribution < 1.29 is 4.39 Å². The molecule has 1 atom stereocenters. The Balaban J connectivity index is 2.65. The van der Waals surface area contributed by atoms with E-state index in [4.69, 9.17) is 11.6 Å². The first kappa shape index (κ1) is 10.5. The van der Waals surface area contributed by atoms with E-state index in [1.165, 1.54) is 6.07 Å². The minimum absolute atomic E-state index is 0.107. The van der Waals surface area contributed by atoms with Crippen molar-refractivity contribution in [3.05, 3.63) is 35.6 Å². The van der Waals surface area contributed by atoms with Gasteiger partial charge < -0.3 is 0 Å². The maximum absolute atomic E-state index is 13.2. The van der Waals surface area contributed by atoms with Crippen LogP contribution in [0.5, 0.6) is 0 Å². The van der Waals surface area contributed by atoms with Gasteiger partial charge in [0.25, 0.3) is 0 Å². The van der Waals surface area contributed by atoms with Crippen molar-refractivity contribution in [3.63, 3.8) is 0 Å². The first-order valence-corrected chi connectivity index (χ1v) is 5.09. The molecule has 0 radical (unpaired) electrons. The Morgan fingerprint density at radius 1 is 1.38 bits per heavy atom. The van der Waals surface area contributed by atoms with Crippen LogP contribution in [0.4, 0.5) is 4.39 Å². The van der Waals surface area contributed by atoms with Crippen molar-refractivity contribution in [1.82, 2.24) is 0 Å². The van der Waals surface area contributed by atoms with Crippen molar-refractivity contribution in [2.45, 2.75) is 25.7 Å². The molecule has 2 heteroatoms. The van der Waals surface area contributed by atoms with E-state index in [1.807, 2.05) is 19.1 Å². The van der Waals surface area contributed by atoms with E-state index in [0.717, 1.165) is 18.4 Å². The molecule has 0 aliphatic rings. The van der Waals surface area contributed by atoms with Crippen LogP contribution in [0.1, 0.15) is 31.2 Å². The molecule has 0 saturated heterocycles. The lowest BCUT2D eigenvalue weighted by atomic mass is 9.96. The smallest absolute Gasteiger partial charge is 0.126 e. The SMILES string of the molecule is C[C@H](CCCCl)c1ccccc1F. The lowest BCUT2D eigenvalue weighted by Gasteiger charge is -2.11. The number of hydrogen-bond acceptors (Lipinski definition) is 0. The fourth-order valence-corrected chi connectivity index (χ4v) is 1.57. The Morgan fingerprint density at radius 2 is 2.08 bits per heavy atom. The minimum Gasteiger partial charge on any atom is -0.207 e. The average molecular weight is 201 g/mol. The molecule has 13 heavy (non-hydrogen) atoms. The first-order chi connectivity index (χ1) is 6.25. The molecule has 1 aromatic carbocycles. The number of benzene rings is 1. The van der Waals surface area contributed by atoms with E-state index in [1.54, 1.807) is 6.07 Å². The molecule has 0 amide bonds. The minimum atomic E-state index is -0.107. The predicted molar refractivity (Wildman–Crippen MR) is 54.8 cm³/mol. The number of rotatable bonds is 4. The summed E-state index contributed by atoms with van der Waals surface area (Å²) in [6, 6.07) is 6.93. The molecule has 0 saturated carbocycles. The maximum Gasteiger partial charge on any atom is 0.126 e. The highest BCUT2D eigenvalue weighted by Crippen LogP contribution is 2.22. The summed E-state index contributed by atoms with van der Waals surface area (Å²) < 4.78 is 13.2. The third-order valence-corrected chi connectivity index (χ3v) is 2.47. The molecule has 0 fully saturated rings. The van der Waals surface area contributed by atoms with Gasteiger partial charge in [-0.05, 0) is 30.4 Å². The van der Waals surface area contributed by atoms with Gasteiger partial charge >= 0.3 is 0 Å². The van der Waals surface area contributed by atoms with Gasteiger partial charge in [0.2, 0.25) is 0 Å². The molecule has 0 aromatic heterocycles.